The van der Waals surface area contributed by atoms with E-state index in [1.165, 1.54) is 19.5 Å². The molecule has 1 atom stereocenters. The third-order valence-corrected chi connectivity index (χ3v) is 3.31. The minimum absolute atomic E-state index is 0.162. The lowest BCUT2D eigenvalue weighted by Gasteiger charge is -2.04. The summed E-state index contributed by atoms with van der Waals surface area (Å²) < 4.78 is 15.7. The maximum atomic E-state index is 11.2. The molecule has 0 amide bonds. The van der Waals surface area contributed by atoms with Crippen LogP contribution in [0.4, 0.5) is 5.82 Å². The molecule has 0 spiro atoms. The molecule has 1 aromatic rings. The van der Waals surface area contributed by atoms with Gasteiger partial charge in [-0.1, -0.05) is 6.92 Å². The van der Waals surface area contributed by atoms with Gasteiger partial charge in [0.15, 0.2) is 5.69 Å². The second-order valence-electron chi connectivity index (χ2n) is 3.14. The highest BCUT2D eigenvalue weighted by molar-refractivity contribution is 7.84. The van der Waals surface area contributed by atoms with Gasteiger partial charge in [0.2, 0.25) is 0 Å². The monoisotopic (exact) mass is 257 g/mol. The van der Waals surface area contributed by atoms with Gasteiger partial charge in [0.25, 0.3) is 0 Å². The van der Waals surface area contributed by atoms with Gasteiger partial charge in [0, 0.05) is 28.9 Å². The molecular weight excluding hydrogens is 242 g/mol. The summed E-state index contributed by atoms with van der Waals surface area (Å²) in [6, 6.07) is 0. The lowest BCUT2D eigenvalue weighted by molar-refractivity contribution is 0.0593. The zero-order chi connectivity index (χ0) is 12.7. The number of esters is 1. The van der Waals surface area contributed by atoms with Gasteiger partial charge in [-0.25, -0.2) is 14.8 Å². The van der Waals surface area contributed by atoms with E-state index in [-0.39, 0.29) is 5.69 Å². The van der Waals surface area contributed by atoms with Crippen molar-refractivity contribution in [1.29, 1.82) is 0 Å². The van der Waals surface area contributed by atoms with Crippen molar-refractivity contribution >= 4 is 22.6 Å². The second kappa shape index (κ2) is 6.95. The number of nitrogens with one attached hydrogen (secondary N) is 1. The summed E-state index contributed by atoms with van der Waals surface area (Å²) in [5.74, 6) is 1.24. The van der Waals surface area contributed by atoms with E-state index in [0.717, 1.165) is 0 Å². The summed E-state index contributed by atoms with van der Waals surface area (Å²) in [4.78, 5) is 19.0. The molecule has 17 heavy (non-hydrogen) atoms. The summed E-state index contributed by atoms with van der Waals surface area (Å²) in [5.41, 5.74) is 0.162. The van der Waals surface area contributed by atoms with Crippen LogP contribution in [0.3, 0.4) is 0 Å². The van der Waals surface area contributed by atoms with E-state index in [1.54, 1.807) is 0 Å². The molecule has 0 aliphatic carbocycles. The summed E-state index contributed by atoms with van der Waals surface area (Å²) in [6.45, 7) is 2.44. The predicted octanol–water partition coefficient (Wildman–Crippen LogP) is 0.444. The normalized spacial score (nSPS) is 11.9. The van der Waals surface area contributed by atoms with E-state index in [2.05, 4.69) is 20.0 Å². The predicted molar refractivity (Wildman–Crippen MR) is 65.4 cm³/mol. The lowest BCUT2D eigenvalue weighted by Crippen LogP contribution is -2.13. The van der Waals surface area contributed by atoms with Crippen molar-refractivity contribution in [3.8, 4) is 0 Å². The first-order chi connectivity index (χ1) is 8.17. The van der Waals surface area contributed by atoms with Crippen molar-refractivity contribution in [2.45, 2.75) is 6.92 Å². The van der Waals surface area contributed by atoms with Crippen LogP contribution in [0.1, 0.15) is 17.4 Å². The average Bonchev–Trinajstić information content (AvgIpc) is 2.38. The third kappa shape index (κ3) is 4.48. The number of carbonyl (C=O) groups excluding carboxylic acids is 1. The van der Waals surface area contributed by atoms with Crippen LogP contribution in [0, 0.1) is 0 Å². The first kappa shape index (κ1) is 13.6. The quantitative estimate of drug-likeness (QED) is 0.745. The molecule has 1 N–H and O–H groups in total. The van der Waals surface area contributed by atoms with E-state index in [4.69, 9.17) is 0 Å². The van der Waals surface area contributed by atoms with Gasteiger partial charge >= 0.3 is 5.97 Å². The molecule has 1 rings (SSSR count). The molecule has 0 aliphatic heterocycles. The molecule has 0 radical (unpaired) electrons. The summed E-state index contributed by atoms with van der Waals surface area (Å²) in [6.07, 6.45) is 2.78. The molecule has 1 unspecified atom stereocenters. The molecule has 0 aromatic carbocycles. The number of anilines is 1. The highest BCUT2D eigenvalue weighted by atomic mass is 32.2. The number of ether oxygens (including phenoxy) is 1. The summed E-state index contributed by atoms with van der Waals surface area (Å²) in [7, 11) is 0.489. The summed E-state index contributed by atoms with van der Waals surface area (Å²) in [5, 5.41) is 2.98. The SMILES string of the molecule is CCS(=O)CCNc1cnc(C(=O)OC)cn1. The van der Waals surface area contributed by atoms with E-state index < -0.39 is 16.8 Å². The van der Waals surface area contributed by atoms with Gasteiger partial charge in [0.05, 0.1) is 19.5 Å². The molecule has 0 saturated carbocycles. The molecule has 6 nitrogen and oxygen atoms in total. The van der Waals surface area contributed by atoms with Gasteiger partial charge in [-0.15, -0.1) is 0 Å². The molecule has 0 bridgehead atoms. The highest BCUT2D eigenvalue weighted by Crippen LogP contribution is 2.01. The minimum Gasteiger partial charge on any atom is -0.464 e. The van der Waals surface area contributed by atoms with Crippen LogP contribution >= 0.6 is 0 Å². The summed E-state index contributed by atoms with van der Waals surface area (Å²) >= 11 is 0. The zero-order valence-electron chi connectivity index (χ0n) is 9.80. The number of aromatic nitrogens is 2. The minimum atomic E-state index is -0.799. The maximum absolute atomic E-state index is 11.2. The van der Waals surface area contributed by atoms with Gasteiger partial charge in [-0.05, 0) is 0 Å². The molecule has 1 aromatic heterocycles. The fourth-order valence-corrected chi connectivity index (χ4v) is 1.68. The van der Waals surface area contributed by atoms with Crippen molar-refractivity contribution in [3.05, 3.63) is 18.1 Å². The van der Waals surface area contributed by atoms with E-state index >= 15 is 0 Å². The van der Waals surface area contributed by atoms with E-state index in [0.29, 0.717) is 23.9 Å². The second-order valence-corrected chi connectivity index (χ2v) is 5.00. The van der Waals surface area contributed by atoms with Crippen LogP contribution in [-0.2, 0) is 15.5 Å². The van der Waals surface area contributed by atoms with Crippen molar-refractivity contribution < 1.29 is 13.7 Å². The number of methoxy groups -OCH3 is 1. The van der Waals surface area contributed by atoms with E-state index in [1.807, 2.05) is 6.92 Å². The average molecular weight is 257 g/mol. The number of hydrogen-bond donors (Lipinski definition) is 1. The van der Waals surface area contributed by atoms with Crippen LogP contribution in [0.2, 0.25) is 0 Å². The molecule has 1 heterocycles. The Morgan fingerprint density at radius 3 is 2.76 bits per heavy atom. The Hall–Kier alpha value is -1.50. The Balaban J connectivity index is 2.46. The van der Waals surface area contributed by atoms with Crippen LogP contribution in [0.15, 0.2) is 12.4 Å². The smallest absolute Gasteiger partial charge is 0.358 e. The van der Waals surface area contributed by atoms with Crippen molar-refractivity contribution in [1.82, 2.24) is 9.97 Å². The van der Waals surface area contributed by atoms with Gasteiger partial charge in [-0.3, -0.25) is 4.21 Å². The molecule has 0 fully saturated rings. The maximum Gasteiger partial charge on any atom is 0.358 e. The molecular formula is C10H15N3O3S. The van der Waals surface area contributed by atoms with Gasteiger partial charge in [-0.2, -0.15) is 0 Å². The number of hydrogen-bond acceptors (Lipinski definition) is 6. The Morgan fingerprint density at radius 1 is 1.47 bits per heavy atom. The number of rotatable bonds is 6. The van der Waals surface area contributed by atoms with Crippen molar-refractivity contribution in [2.75, 3.05) is 30.5 Å². The van der Waals surface area contributed by atoms with Crippen LogP contribution in [0.5, 0.6) is 0 Å². The Labute approximate surface area is 102 Å². The first-order valence-electron chi connectivity index (χ1n) is 5.16. The standard InChI is InChI=1S/C10H15N3O3S/c1-3-17(15)5-4-11-9-7-12-8(6-13-9)10(14)16-2/h6-7H,3-5H2,1-2H3,(H,11,13). The Bertz CT molecular complexity index is 394. The number of carbonyl (C=O) groups is 1. The highest BCUT2D eigenvalue weighted by Gasteiger charge is 2.07. The Kier molecular flexibility index (Phi) is 5.55. The lowest BCUT2D eigenvalue weighted by atomic mass is 10.4. The van der Waals surface area contributed by atoms with Gasteiger partial charge < -0.3 is 10.1 Å². The molecule has 0 saturated heterocycles. The fourth-order valence-electron chi connectivity index (χ4n) is 1.07. The molecule has 94 valence electrons. The van der Waals surface area contributed by atoms with Crippen molar-refractivity contribution in [2.24, 2.45) is 0 Å². The fraction of sp³-hybridized carbons (Fsp3) is 0.500. The zero-order valence-corrected chi connectivity index (χ0v) is 10.6. The largest absolute Gasteiger partial charge is 0.464 e. The topological polar surface area (TPSA) is 81.2 Å². The van der Waals surface area contributed by atoms with E-state index in [9.17, 15) is 9.00 Å². The molecule has 0 aliphatic rings. The van der Waals surface area contributed by atoms with Crippen molar-refractivity contribution in [3.63, 3.8) is 0 Å². The van der Waals surface area contributed by atoms with Crippen LogP contribution < -0.4 is 5.32 Å². The number of nitrogens with zero attached hydrogens (tertiary/aromatic N) is 2. The first-order valence-corrected chi connectivity index (χ1v) is 6.65. The van der Waals surface area contributed by atoms with Gasteiger partial charge in [0.1, 0.15) is 5.82 Å². The van der Waals surface area contributed by atoms with Crippen LogP contribution in [-0.4, -0.2) is 45.3 Å². The Morgan fingerprint density at radius 2 is 2.24 bits per heavy atom. The van der Waals surface area contributed by atoms with Crippen LogP contribution in [0.25, 0.3) is 0 Å². The third-order valence-electron chi connectivity index (χ3n) is 2.00. The molecule has 7 heteroatoms.